The molecule has 0 atom stereocenters. The van der Waals surface area contributed by atoms with Crippen LogP contribution in [0.5, 0.6) is 0 Å². The number of nitrogens with zero attached hydrogens (tertiary/aromatic N) is 3. The summed E-state index contributed by atoms with van der Waals surface area (Å²) >= 11 is 10.6. The highest BCUT2D eigenvalue weighted by molar-refractivity contribution is 9.10. The molecule has 0 saturated heterocycles. The van der Waals surface area contributed by atoms with E-state index in [-0.39, 0.29) is 11.7 Å². The van der Waals surface area contributed by atoms with E-state index in [1.54, 1.807) is 24.3 Å². The van der Waals surface area contributed by atoms with Gasteiger partial charge in [0.1, 0.15) is 0 Å². The van der Waals surface area contributed by atoms with E-state index in [1.807, 2.05) is 35.9 Å². The fourth-order valence-electron chi connectivity index (χ4n) is 2.15. The first kappa shape index (κ1) is 18.0. The molecular formula is C17H14BrClN4OS. The lowest BCUT2D eigenvalue weighted by molar-refractivity contribution is -0.113. The van der Waals surface area contributed by atoms with Crippen LogP contribution in [0.3, 0.4) is 0 Å². The van der Waals surface area contributed by atoms with Crippen LogP contribution in [0.1, 0.15) is 0 Å². The number of nitrogens with one attached hydrogen (secondary N) is 1. The Morgan fingerprint density at radius 1 is 1.16 bits per heavy atom. The zero-order chi connectivity index (χ0) is 17.8. The second-order valence-corrected chi connectivity index (χ2v) is 7.51. The van der Waals surface area contributed by atoms with Crippen molar-refractivity contribution < 1.29 is 4.79 Å². The maximum absolute atomic E-state index is 12.1. The number of halogens is 2. The predicted molar refractivity (Wildman–Crippen MR) is 105 cm³/mol. The number of thioether (sulfide) groups is 1. The monoisotopic (exact) mass is 436 g/mol. The van der Waals surface area contributed by atoms with Crippen LogP contribution in [0, 0.1) is 0 Å². The molecule has 0 aliphatic carbocycles. The number of rotatable bonds is 5. The number of aromatic nitrogens is 3. The van der Waals surface area contributed by atoms with Gasteiger partial charge in [-0.05, 0) is 36.4 Å². The molecule has 3 aromatic rings. The maximum atomic E-state index is 12.1. The van der Waals surface area contributed by atoms with Crippen LogP contribution in [-0.4, -0.2) is 26.4 Å². The van der Waals surface area contributed by atoms with Gasteiger partial charge in [0.05, 0.1) is 5.75 Å². The molecule has 1 N–H and O–H groups in total. The van der Waals surface area contributed by atoms with Crippen molar-refractivity contribution in [1.82, 2.24) is 14.8 Å². The second-order valence-electron chi connectivity index (χ2n) is 5.22. The molecule has 0 spiro atoms. The molecule has 8 heteroatoms. The highest BCUT2D eigenvalue weighted by Crippen LogP contribution is 2.24. The average Bonchev–Trinajstić information content (AvgIpc) is 2.97. The minimum atomic E-state index is -0.111. The lowest BCUT2D eigenvalue weighted by atomic mass is 10.2. The molecule has 0 aliphatic rings. The quantitative estimate of drug-likeness (QED) is 0.591. The van der Waals surface area contributed by atoms with Crippen molar-refractivity contribution in [3.63, 3.8) is 0 Å². The molecule has 0 bridgehead atoms. The van der Waals surface area contributed by atoms with Gasteiger partial charge >= 0.3 is 0 Å². The van der Waals surface area contributed by atoms with E-state index in [0.717, 1.165) is 15.9 Å². The summed E-state index contributed by atoms with van der Waals surface area (Å²) in [5.41, 5.74) is 1.68. The molecule has 5 nitrogen and oxygen atoms in total. The molecule has 3 rings (SSSR count). The van der Waals surface area contributed by atoms with Gasteiger partial charge in [-0.2, -0.15) is 0 Å². The van der Waals surface area contributed by atoms with Crippen molar-refractivity contribution in [3.8, 4) is 11.4 Å². The number of anilines is 1. The second kappa shape index (κ2) is 8.03. The standard InChI is InChI=1S/C17H14BrClN4OS/c1-23-16(11-2-4-12(18)5-3-11)21-22-17(23)25-10-15(24)20-14-8-6-13(19)7-9-14/h2-9H,10H2,1H3,(H,20,24). The van der Waals surface area contributed by atoms with Crippen LogP contribution < -0.4 is 5.32 Å². The number of benzene rings is 2. The highest BCUT2D eigenvalue weighted by atomic mass is 79.9. The summed E-state index contributed by atoms with van der Waals surface area (Å²) in [4.78, 5) is 12.1. The van der Waals surface area contributed by atoms with Crippen LogP contribution >= 0.6 is 39.3 Å². The van der Waals surface area contributed by atoms with E-state index in [4.69, 9.17) is 11.6 Å². The Balaban J connectivity index is 1.62. The normalized spacial score (nSPS) is 10.7. The van der Waals surface area contributed by atoms with Crippen LogP contribution in [-0.2, 0) is 11.8 Å². The van der Waals surface area contributed by atoms with Crippen LogP contribution in [0.4, 0.5) is 5.69 Å². The summed E-state index contributed by atoms with van der Waals surface area (Å²) in [6, 6.07) is 14.8. The zero-order valence-corrected chi connectivity index (χ0v) is 16.4. The minimum Gasteiger partial charge on any atom is -0.325 e. The first-order valence-corrected chi connectivity index (χ1v) is 9.52. The summed E-state index contributed by atoms with van der Waals surface area (Å²) < 4.78 is 2.88. The third kappa shape index (κ3) is 4.62. The lowest BCUT2D eigenvalue weighted by Gasteiger charge is -2.06. The Morgan fingerprint density at radius 2 is 1.84 bits per heavy atom. The smallest absolute Gasteiger partial charge is 0.234 e. The summed E-state index contributed by atoms with van der Waals surface area (Å²) in [7, 11) is 1.89. The molecule has 0 radical (unpaired) electrons. The van der Waals surface area contributed by atoms with E-state index in [2.05, 4.69) is 31.4 Å². The third-order valence-electron chi connectivity index (χ3n) is 3.40. The molecule has 2 aromatic carbocycles. The summed E-state index contributed by atoms with van der Waals surface area (Å²) in [6.07, 6.45) is 0. The van der Waals surface area contributed by atoms with E-state index >= 15 is 0 Å². The molecule has 0 unspecified atom stereocenters. The number of carbonyl (C=O) groups excluding carboxylic acids is 1. The fraction of sp³-hybridized carbons (Fsp3) is 0.118. The Morgan fingerprint density at radius 3 is 2.52 bits per heavy atom. The van der Waals surface area contributed by atoms with Crippen molar-refractivity contribution in [1.29, 1.82) is 0 Å². The summed E-state index contributed by atoms with van der Waals surface area (Å²) in [5, 5.41) is 12.5. The minimum absolute atomic E-state index is 0.111. The van der Waals surface area contributed by atoms with Crippen molar-refractivity contribution >= 4 is 50.9 Å². The van der Waals surface area contributed by atoms with Crippen molar-refractivity contribution in [3.05, 3.63) is 58.0 Å². The molecule has 0 aliphatic heterocycles. The molecule has 1 amide bonds. The van der Waals surface area contributed by atoms with Gasteiger partial charge in [0.15, 0.2) is 11.0 Å². The van der Waals surface area contributed by atoms with Gasteiger partial charge in [-0.25, -0.2) is 0 Å². The first-order valence-electron chi connectivity index (χ1n) is 7.36. The average molecular weight is 438 g/mol. The number of carbonyl (C=O) groups is 1. The van der Waals surface area contributed by atoms with Gasteiger partial charge in [-0.3, -0.25) is 4.79 Å². The Bertz CT molecular complexity index is 881. The molecule has 128 valence electrons. The van der Waals surface area contributed by atoms with Crippen molar-refractivity contribution in [2.75, 3.05) is 11.1 Å². The topological polar surface area (TPSA) is 59.8 Å². The predicted octanol–water partition coefficient (Wildman–Crippen LogP) is 4.63. The van der Waals surface area contributed by atoms with Crippen LogP contribution in [0.2, 0.25) is 5.02 Å². The van der Waals surface area contributed by atoms with Crippen LogP contribution in [0.25, 0.3) is 11.4 Å². The summed E-state index contributed by atoms with van der Waals surface area (Å²) in [5.74, 6) is 0.892. The van der Waals surface area contributed by atoms with Crippen molar-refractivity contribution in [2.45, 2.75) is 5.16 Å². The molecule has 1 heterocycles. The summed E-state index contributed by atoms with van der Waals surface area (Å²) in [6.45, 7) is 0. The van der Waals surface area contributed by atoms with Gasteiger partial charge < -0.3 is 9.88 Å². The molecule has 25 heavy (non-hydrogen) atoms. The van der Waals surface area contributed by atoms with Gasteiger partial charge in [0, 0.05) is 27.8 Å². The van der Waals surface area contributed by atoms with Crippen LogP contribution in [0.15, 0.2) is 58.2 Å². The van der Waals surface area contributed by atoms with Crippen molar-refractivity contribution in [2.24, 2.45) is 7.05 Å². The van der Waals surface area contributed by atoms with Gasteiger partial charge in [-0.15, -0.1) is 10.2 Å². The first-order chi connectivity index (χ1) is 12.0. The maximum Gasteiger partial charge on any atom is 0.234 e. The fourth-order valence-corrected chi connectivity index (χ4v) is 3.25. The van der Waals surface area contributed by atoms with Gasteiger partial charge in [0.25, 0.3) is 0 Å². The van der Waals surface area contributed by atoms with E-state index in [0.29, 0.717) is 15.9 Å². The lowest BCUT2D eigenvalue weighted by Crippen LogP contribution is -2.14. The van der Waals surface area contributed by atoms with E-state index < -0.39 is 0 Å². The van der Waals surface area contributed by atoms with E-state index in [1.165, 1.54) is 11.8 Å². The number of hydrogen-bond donors (Lipinski definition) is 1. The highest BCUT2D eigenvalue weighted by Gasteiger charge is 2.13. The number of hydrogen-bond acceptors (Lipinski definition) is 4. The molecule has 0 saturated carbocycles. The SMILES string of the molecule is Cn1c(SCC(=O)Nc2ccc(Cl)cc2)nnc1-c1ccc(Br)cc1. The van der Waals surface area contributed by atoms with Gasteiger partial charge in [-0.1, -0.05) is 51.4 Å². The largest absolute Gasteiger partial charge is 0.325 e. The molecular weight excluding hydrogens is 424 g/mol. The van der Waals surface area contributed by atoms with E-state index in [9.17, 15) is 4.79 Å². The number of amides is 1. The zero-order valence-electron chi connectivity index (χ0n) is 13.2. The third-order valence-corrected chi connectivity index (χ3v) is 5.20. The van der Waals surface area contributed by atoms with Gasteiger partial charge in [0.2, 0.25) is 5.91 Å². The molecule has 0 fully saturated rings. The Labute approximate surface area is 162 Å². The molecule has 1 aromatic heterocycles. The Hall–Kier alpha value is -1.83. The Kier molecular flexibility index (Phi) is 5.78.